The minimum absolute atomic E-state index is 0.255. The monoisotopic (exact) mass is 495 g/mol. The standard InChI is InChI=1S/C25H28N4O5S/c1-27(21-5-3-2-4-6-21)25(30)34-23-10-7-20(8-11-23)13-14-29(35(31)32)22-9-12-24(26-19-22)28-15-17-33-18-16-28/h2-12,19H,13-18H2,1H3,(H,31,32)/p-1. The molecule has 1 atom stereocenters. The Bertz CT molecular complexity index is 1120. The summed E-state index contributed by atoms with van der Waals surface area (Å²) in [5.41, 5.74) is 2.15. The smallest absolute Gasteiger partial charge is 0.419 e. The predicted molar refractivity (Wildman–Crippen MR) is 135 cm³/mol. The fourth-order valence-corrected chi connectivity index (χ4v) is 4.20. The summed E-state index contributed by atoms with van der Waals surface area (Å²) < 4.78 is 35.8. The van der Waals surface area contributed by atoms with Crippen molar-refractivity contribution in [1.82, 2.24) is 4.98 Å². The molecule has 1 aliphatic rings. The minimum Gasteiger partial charge on any atom is -0.755 e. The Hall–Kier alpha value is -3.47. The number of nitrogens with zero attached hydrogens (tertiary/aromatic N) is 4. The third-order valence-electron chi connectivity index (χ3n) is 5.68. The van der Waals surface area contributed by atoms with Crippen LogP contribution in [-0.2, 0) is 22.4 Å². The van der Waals surface area contributed by atoms with E-state index in [0.717, 1.165) is 30.2 Å². The number of pyridine rings is 1. The minimum atomic E-state index is -2.44. The van der Waals surface area contributed by atoms with Gasteiger partial charge in [0.2, 0.25) is 0 Å². The van der Waals surface area contributed by atoms with Crippen LogP contribution in [-0.4, -0.2) is 59.7 Å². The molecule has 0 radical (unpaired) electrons. The van der Waals surface area contributed by atoms with Gasteiger partial charge in [0.05, 0.1) is 25.1 Å². The van der Waals surface area contributed by atoms with E-state index in [1.165, 1.54) is 9.21 Å². The summed E-state index contributed by atoms with van der Waals surface area (Å²) >= 11 is -2.44. The number of amides is 1. The summed E-state index contributed by atoms with van der Waals surface area (Å²) in [6.45, 7) is 3.09. The van der Waals surface area contributed by atoms with Crippen LogP contribution in [0.2, 0.25) is 0 Å². The van der Waals surface area contributed by atoms with Crippen molar-refractivity contribution in [2.24, 2.45) is 0 Å². The second kappa shape index (κ2) is 11.8. The predicted octanol–water partition coefficient (Wildman–Crippen LogP) is 3.40. The quantitative estimate of drug-likeness (QED) is 0.442. The van der Waals surface area contributed by atoms with Crippen LogP contribution in [0.1, 0.15) is 5.56 Å². The zero-order valence-corrected chi connectivity index (χ0v) is 20.2. The highest BCUT2D eigenvalue weighted by Gasteiger charge is 2.15. The van der Waals surface area contributed by atoms with E-state index < -0.39 is 17.4 Å². The van der Waals surface area contributed by atoms with Crippen LogP contribution in [0.15, 0.2) is 72.9 Å². The zero-order chi connectivity index (χ0) is 24.6. The van der Waals surface area contributed by atoms with Gasteiger partial charge >= 0.3 is 6.09 Å². The molecule has 1 amide bonds. The Balaban J connectivity index is 1.33. The molecule has 0 aliphatic carbocycles. The molecule has 35 heavy (non-hydrogen) atoms. The second-order valence-corrected chi connectivity index (χ2v) is 8.82. The number of aromatic nitrogens is 1. The molecule has 1 aliphatic heterocycles. The van der Waals surface area contributed by atoms with E-state index in [0.29, 0.717) is 31.1 Å². The van der Waals surface area contributed by atoms with Crippen molar-refractivity contribution in [2.45, 2.75) is 6.42 Å². The van der Waals surface area contributed by atoms with Gasteiger partial charge in [-0.15, -0.1) is 0 Å². The van der Waals surface area contributed by atoms with Gasteiger partial charge in [-0.25, -0.2) is 9.78 Å². The Kier molecular flexibility index (Phi) is 8.30. The van der Waals surface area contributed by atoms with Crippen LogP contribution in [0.25, 0.3) is 0 Å². The number of ether oxygens (including phenoxy) is 2. The lowest BCUT2D eigenvalue weighted by molar-refractivity contribution is 0.122. The van der Waals surface area contributed by atoms with Gasteiger partial charge in [-0.2, -0.15) is 0 Å². The van der Waals surface area contributed by atoms with E-state index in [1.807, 2.05) is 48.5 Å². The maximum Gasteiger partial charge on any atom is 0.419 e. The number of morpholine rings is 1. The highest BCUT2D eigenvalue weighted by atomic mass is 32.2. The highest BCUT2D eigenvalue weighted by Crippen LogP contribution is 2.21. The lowest BCUT2D eigenvalue weighted by Gasteiger charge is -2.29. The van der Waals surface area contributed by atoms with E-state index in [1.54, 1.807) is 31.4 Å². The van der Waals surface area contributed by atoms with Crippen molar-refractivity contribution in [3.8, 4) is 5.75 Å². The van der Waals surface area contributed by atoms with Crippen LogP contribution in [0.5, 0.6) is 5.75 Å². The lowest BCUT2D eigenvalue weighted by atomic mass is 10.1. The molecule has 1 saturated heterocycles. The second-order valence-electron chi connectivity index (χ2n) is 7.95. The molecule has 0 spiro atoms. The molecule has 184 valence electrons. The number of carbonyl (C=O) groups excluding carboxylic acids is 1. The van der Waals surface area contributed by atoms with Crippen molar-refractivity contribution >= 4 is 34.6 Å². The molecule has 0 saturated carbocycles. The van der Waals surface area contributed by atoms with E-state index in [2.05, 4.69) is 9.88 Å². The van der Waals surface area contributed by atoms with Gasteiger partial charge in [0, 0.05) is 43.6 Å². The van der Waals surface area contributed by atoms with Gasteiger partial charge in [0.25, 0.3) is 0 Å². The number of rotatable bonds is 8. The van der Waals surface area contributed by atoms with Crippen LogP contribution in [0.3, 0.4) is 0 Å². The Morgan fingerprint density at radius 1 is 1.06 bits per heavy atom. The SMILES string of the molecule is CN(C(=O)Oc1ccc(CCN(c2ccc(N3CCOCC3)nc2)S(=O)[O-])cc1)c1ccccc1. The maximum atomic E-state index is 12.4. The van der Waals surface area contributed by atoms with Crippen LogP contribution in [0, 0.1) is 0 Å². The molecular formula is C25H27N4O5S-. The largest absolute Gasteiger partial charge is 0.755 e. The van der Waals surface area contributed by atoms with Gasteiger partial charge < -0.3 is 23.2 Å². The number of anilines is 3. The molecule has 4 rings (SSSR count). The molecular weight excluding hydrogens is 468 g/mol. The van der Waals surface area contributed by atoms with Crippen LogP contribution < -0.4 is 18.8 Å². The molecule has 2 heterocycles. The van der Waals surface area contributed by atoms with Gasteiger partial charge in [-0.05, 0) is 48.4 Å². The van der Waals surface area contributed by atoms with Gasteiger partial charge in [-0.3, -0.25) is 9.11 Å². The van der Waals surface area contributed by atoms with Crippen molar-refractivity contribution in [3.63, 3.8) is 0 Å². The summed E-state index contributed by atoms with van der Waals surface area (Å²) in [4.78, 5) is 20.4. The molecule has 0 bridgehead atoms. The molecule has 9 nitrogen and oxygen atoms in total. The molecule has 1 aromatic heterocycles. The average molecular weight is 496 g/mol. The number of hydrogen-bond acceptors (Lipinski definition) is 7. The van der Waals surface area contributed by atoms with Gasteiger partial charge in [0.15, 0.2) is 0 Å². The van der Waals surface area contributed by atoms with Crippen molar-refractivity contribution in [1.29, 1.82) is 0 Å². The Morgan fingerprint density at radius 2 is 1.77 bits per heavy atom. The van der Waals surface area contributed by atoms with Crippen molar-refractivity contribution < 1.29 is 23.0 Å². The molecule has 3 aromatic rings. The fraction of sp³-hybridized carbons (Fsp3) is 0.280. The third-order valence-corrected chi connectivity index (χ3v) is 6.44. The Labute approximate surface area is 207 Å². The first-order valence-corrected chi connectivity index (χ1v) is 12.3. The van der Waals surface area contributed by atoms with E-state index in [9.17, 15) is 13.6 Å². The molecule has 10 heteroatoms. The van der Waals surface area contributed by atoms with E-state index in [-0.39, 0.29) is 6.54 Å². The number of hydrogen-bond donors (Lipinski definition) is 0. The normalized spacial score (nSPS) is 14.3. The van der Waals surface area contributed by atoms with Crippen molar-refractivity contribution in [2.75, 3.05) is 54.0 Å². The van der Waals surface area contributed by atoms with Gasteiger partial charge in [-0.1, -0.05) is 30.3 Å². The highest BCUT2D eigenvalue weighted by molar-refractivity contribution is 7.80. The molecule has 1 fully saturated rings. The van der Waals surface area contributed by atoms with Crippen molar-refractivity contribution in [3.05, 3.63) is 78.5 Å². The van der Waals surface area contributed by atoms with Crippen LogP contribution in [0.4, 0.5) is 22.0 Å². The fourth-order valence-electron chi connectivity index (χ4n) is 3.68. The lowest BCUT2D eigenvalue weighted by Crippen LogP contribution is -2.36. The molecule has 0 N–H and O–H groups in total. The number of benzene rings is 2. The summed E-state index contributed by atoms with van der Waals surface area (Å²) in [6.07, 6.45) is 1.56. The first-order valence-electron chi connectivity index (χ1n) is 11.3. The summed E-state index contributed by atoms with van der Waals surface area (Å²) in [5.74, 6) is 1.21. The Morgan fingerprint density at radius 3 is 2.40 bits per heavy atom. The number of carbonyl (C=O) groups is 1. The summed E-state index contributed by atoms with van der Waals surface area (Å²) in [5, 5.41) is 0. The first-order chi connectivity index (χ1) is 17.0. The zero-order valence-electron chi connectivity index (χ0n) is 19.4. The third kappa shape index (κ3) is 6.56. The van der Waals surface area contributed by atoms with E-state index in [4.69, 9.17) is 9.47 Å². The van der Waals surface area contributed by atoms with Crippen LogP contribution >= 0.6 is 0 Å². The average Bonchev–Trinajstić information content (AvgIpc) is 2.90. The summed E-state index contributed by atoms with van der Waals surface area (Å²) in [6, 6.07) is 19.8. The molecule has 2 aromatic carbocycles. The maximum absolute atomic E-state index is 12.4. The molecule has 1 unspecified atom stereocenters. The first kappa shape index (κ1) is 24.6. The number of para-hydroxylation sites is 1. The van der Waals surface area contributed by atoms with Gasteiger partial charge in [0.1, 0.15) is 11.6 Å². The topological polar surface area (TPSA) is 98.3 Å². The van der Waals surface area contributed by atoms with E-state index >= 15 is 0 Å². The summed E-state index contributed by atoms with van der Waals surface area (Å²) in [7, 11) is 1.64.